The number of rotatable bonds is 11. The van der Waals surface area contributed by atoms with Gasteiger partial charge in [0.2, 0.25) is 5.91 Å². The standard InChI is InChI=1S/C24H36N2O6/c1-14(2)11-26(12-15(3)4)22(27)13-32-24(29)18-9-20(30-6)21(31-7)10-19(18)25-23(28)17-8-16(17)5/h9-10,14-17H,8,11-13H2,1-7H3,(H,25,28). The molecule has 0 bridgehead atoms. The topological polar surface area (TPSA) is 94.2 Å². The first kappa shape index (κ1) is 25.5. The predicted molar refractivity (Wildman–Crippen MR) is 122 cm³/mol. The Balaban J connectivity index is 2.19. The SMILES string of the molecule is COc1cc(NC(=O)C2CC2C)c(C(=O)OCC(=O)N(CC(C)C)CC(C)C)cc1OC. The number of carbonyl (C=O) groups excluding carboxylic acids is 3. The van der Waals surface area contributed by atoms with Gasteiger partial charge < -0.3 is 24.4 Å². The molecule has 0 aromatic heterocycles. The van der Waals surface area contributed by atoms with Gasteiger partial charge in [-0.3, -0.25) is 9.59 Å². The summed E-state index contributed by atoms with van der Waals surface area (Å²) in [6, 6.07) is 2.99. The van der Waals surface area contributed by atoms with Crippen LogP contribution in [0, 0.1) is 23.7 Å². The molecule has 1 aliphatic rings. The van der Waals surface area contributed by atoms with Gasteiger partial charge in [-0.25, -0.2) is 4.79 Å². The van der Waals surface area contributed by atoms with Crippen LogP contribution in [0.1, 0.15) is 51.4 Å². The van der Waals surface area contributed by atoms with Crippen molar-refractivity contribution in [3.05, 3.63) is 17.7 Å². The molecule has 178 valence electrons. The number of amides is 2. The Morgan fingerprint density at radius 2 is 1.56 bits per heavy atom. The smallest absolute Gasteiger partial charge is 0.340 e. The van der Waals surface area contributed by atoms with E-state index in [-0.39, 0.29) is 35.6 Å². The number of hydrogen-bond acceptors (Lipinski definition) is 6. The molecule has 0 aliphatic heterocycles. The number of hydrogen-bond donors (Lipinski definition) is 1. The van der Waals surface area contributed by atoms with Crippen LogP contribution >= 0.6 is 0 Å². The second-order valence-corrected chi connectivity index (χ2v) is 9.22. The molecule has 1 aromatic rings. The Morgan fingerprint density at radius 3 is 2.03 bits per heavy atom. The maximum atomic E-state index is 12.9. The van der Waals surface area contributed by atoms with Gasteiger partial charge in [0.25, 0.3) is 5.91 Å². The van der Waals surface area contributed by atoms with Gasteiger partial charge in [-0.15, -0.1) is 0 Å². The van der Waals surface area contributed by atoms with Crippen molar-refractivity contribution in [1.29, 1.82) is 0 Å². The Hall–Kier alpha value is -2.77. The zero-order valence-electron chi connectivity index (χ0n) is 20.2. The zero-order valence-corrected chi connectivity index (χ0v) is 20.2. The van der Waals surface area contributed by atoms with Crippen LogP contribution in [0.25, 0.3) is 0 Å². The third kappa shape index (κ3) is 6.87. The van der Waals surface area contributed by atoms with Gasteiger partial charge in [-0.1, -0.05) is 34.6 Å². The highest BCUT2D eigenvalue weighted by atomic mass is 16.5. The highest BCUT2D eigenvalue weighted by Gasteiger charge is 2.39. The molecule has 2 atom stereocenters. The van der Waals surface area contributed by atoms with Gasteiger partial charge in [0.1, 0.15) is 0 Å². The second-order valence-electron chi connectivity index (χ2n) is 9.22. The van der Waals surface area contributed by atoms with E-state index in [0.717, 1.165) is 6.42 Å². The summed E-state index contributed by atoms with van der Waals surface area (Å²) in [5.74, 6) is 0.409. The van der Waals surface area contributed by atoms with E-state index in [0.29, 0.717) is 42.3 Å². The molecule has 8 heteroatoms. The predicted octanol–water partition coefficient (Wildman–Crippen LogP) is 3.60. The van der Waals surface area contributed by atoms with Gasteiger partial charge in [0.15, 0.2) is 18.1 Å². The second kappa shape index (κ2) is 11.2. The molecule has 1 aromatic carbocycles. The number of nitrogens with zero attached hydrogens (tertiary/aromatic N) is 1. The number of esters is 1. The normalized spacial score (nSPS) is 17.2. The van der Waals surface area contributed by atoms with E-state index < -0.39 is 5.97 Å². The molecule has 8 nitrogen and oxygen atoms in total. The van der Waals surface area contributed by atoms with E-state index in [1.165, 1.54) is 26.4 Å². The van der Waals surface area contributed by atoms with Crippen molar-refractivity contribution in [3.8, 4) is 11.5 Å². The van der Waals surface area contributed by atoms with E-state index in [9.17, 15) is 14.4 Å². The molecule has 2 amide bonds. The third-order valence-corrected chi connectivity index (χ3v) is 5.30. The molecule has 0 saturated heterocycles. The largest absolute Gasteiger partial charge is 0.493 e. The highest BCUT2D eigenvalue weighted by molar-refractivity contribution is 6.03. The van der Waals surface area contributed by atoms with Crippen LogP contribution in [0.5, 0.6) is 11.5 Å². The monoisotopic (exact) mass is 448 g/mol. The van der Waals surface area contributed by atoms with Crippen LogP contribution in [-0.2, 0) is 14.3 Å². The molecule has 2 unspecified atom stereocenters. The lowest BCUT2D eigenvalue weighted by Gasteiger charge is -2.26. The zero-order chi connectivity index (χ0) is 24.0. The molecule has 1 fully saturated rings. The van der Waals surface area contributed by atoms with E-state index >= 15 is 0 Å². The Bertz CT molecular complexity index is 826. The van der Waals surface area contributed by atoms with Crippen molar-refractivity contribution in [1.82, 2.24) is 4.90 Å². The van der Waals surface area contributed by atoms with Crippen molar-refractivity contribution in [2.45, 2.75) is 41.0 Å². The Labute approximate surface area is 190 Å². The number of methoxy groups -OCH3 is 2. The molecule has 1 aliphatic carbocycles. The molecule has 1 N–H and O–H groups in total. The van der Waals surface area contributed by atoms with Crippen LogP contribution in [0.15, 0.2) is 12.1 Å². The fraction of sp³-hybridized carbons (Fsp3) is 0.625. The summed E-state index contributed by atoms with van der Waals surface area (Å²) in [6.45, 7) is 10.9. The van der Waals surface area contributed by atoms with E-state index in [1.54, 1.807) is 4.90 Å². The highest BCUT2D eigenvalue weighted by Crippen LogP contribution is 2.40. The van der Waals surface area contributed by atoms with Crippen LogP contribution in [0.4, 0.5) is 5.69 Å². The summed E-state index contributed by atoms with van der Waals surface area (Å²) < 4.78 is 15.9. The minimum atomic E-state index is -0.715. The lowest BCUT2D eigenvalue weighted by Crippen LogP contribution is -2.39. The summed E-state index contributed by atoms with van der Waals surface area (Å²) in [5.41, 5.74) is 0.377. The van der Waals surface area contributed by atoms with Gasteiger partial charge in [-0.2, -0.15) is 0 Å². The number of ether oxygens (including phenoxy) is 3. The van der Waals surface area contributed by atoms with Gasteiger partial charge in [0, 0.05) is 31.1 Å². The molecular formula is C24H36N2O6. The number of anilines is 1. The summed E-state index contributed by atoms with van der Waals surface area (Å²) in [5, 5.41) is 2.80. The Morgan fingerprint density at radius 1 is 1.03 bits per heavy atom. The van der Waals surface area contributed by atoms with Crippen LogP contribution in [0.2, 0.25) is 0 Å². The van der Waals surface area contributed by atoms with Gasteiger partial charge in [0.05, 0.1) is 25.5 Å². The molecule has 0 spiro atoms. The first-order chi connectivity index (χ1) is 15.1. The lowest BCUT2D eigenvalue weighted by molar-refractivity contribution is -0.135. The molecule has 0 radical (unpaired) electrons. The minimum absolute atomic E-state index is 0.0748. The first-order valence-corrected chi connectivity index (χ1v) is 11.1. The van der Waals surface area contributed by atoms with Gasteiger partial charge in [-0.05, 0) is 24.2 Å². The minimum Gasteiger partial charge on any atom is -0.493 e. The lowest BCUT2D eigenvalue weighted by atomic mass is 10.1. The van der Waals surface area contributed by atoms with Crippen molar-refractivity contribution < 1.29 is 28.6 Å². The number of carbonyl (C=O) groups is 3. The summed E-state index contributed by atoms with van der Waals surface area (Å²) in [6.07, 6.45) is 0.814. The fourth-order valence-corrected chi connectivity index (χ4v) is 3.52. The molecular weight excluding hydrogens is 412 g/mol. The molecule has 2 rings (SSSR count). The van der Waals surface area contributed by atoms with Crippen LogP contribution in [0.3, 0.4) is 0 Å². The van der Waals surface area contributed by atoms with Crippen LogP contribution in [-0.4, -0.2) is 56.6 Å². The third-order valence-electron chi connectivity index (χ3n) is 5.30. The van der Waals surface area contributed by atoms with E-state index in [2.05, 4.69) is 5.32 Å². The number of nitrogens with one attached hydrogen (secondary N) is 1. The van der Waals surface area contributed by atoms with E-state index in [4.69, 9.17) is 14.2 Å². The number of benzene rings is 1. The van der Waals surface area contributed by atoms with E-state index in [1.807, 2.05) is 34.6 Å². The summed E-state index contributed by atoms with van der Waals surface area (Å²) in [7, 11) is 2.93. The molecule has 1 saturated carbocycles. The average Bonchev–Trinajstić information content (AvgIpc) is 3.46. The van der Waals surface area contributed by atoms with Gasteiger partial charge >= 0.3 is 5.97 Å². The molecule has 32 heavy (non-hydrogen) atoms. The van der Waals surface area contributed by atoms with Crippen molar-refractivity contribution in [3.63, 3.8) is 0 Å². The van der Waals surface area contributed by atoms with Crippen molar-refractivity contribution in [2.75, 3.05) is 39.2 Å². The summed E-state index contributed by atoms with van der Waals surface area (Å²) >= 11 is 0. The fourth-order valence-electron chi connectivity index (χ4n) is 3.52. The average molecular weight is 449 g/mol. The maximum Gasteiger partial charge on any atom is 0.340 e. The first-order valence-electron chi connectivity index (χ1n) is 11.1. The Kier molecular flexibility index (Phi) is 8.92. The summed E-state index contributed by atoms with van der Waals surface area (Å²) in [4.78, 5) is 39.8. The van der Waals surface area contributed by atoms with Crippen molar-refractivity contribution >= 4 is 23.5 Å². The maximum absolute atomic E-state index is 12.9. The quantitative estimate of drug-likeness (QED) is 0.520. The van der Waals surface area contributed by atoms with Crippen molar-refractivity contribution in [2.24, 2.45) is 23.7 Å². The molecule has 0 heterocycles. The van der Waals surface area contributed by atoms with Crippen LogP contribution < -0.4 is 14.8 Å².